The minimum atomic E-state index is -0.872. The van der Waals surface area contributed by atoms with E-state index in [1.165, 1.54) is 49.1 Å². The molecule has 4 aliphatic heterocycles. The Labute approximate surface area is 539 Å². The number of nitrogens with zero attached hydrogens (tertiary/aromatic N) is 2. The Bertz CT molecular complexity index is 3080. The highest BCUT2D eigenvalue weighted by atomic mass is 32.1. The van der Waals surface area contributed by atoms with Gasteiger partial charge in [-0.2, -0.15) is 0 Å². The number of nitrogens with one attached hydrogen (secondary N) is 1. The fourth-order valence-corrected chi connectivity index (χ4v) is 13.5. The van der Waals surface area contributed by atoms with Crippen molar-refractivity contribution in [2.75, 3.05) is 48.7 Å². The van der Waals surface area contributed by atoms with Gasteiger partial charge in [-0.1, -0.05) is 123 Å². The molecular weight excluding hydrogens is 1180 g/mol. The molecule has 7 atom stereocenters. The summed E-state index contributed by atoms with van der Waals surface area (Å²) in [5.41, 5.74) is 7.48. The third kappa shape index (κ3) is 21.3. The molecule has 89 heavy (non-hydrogen) atoms. The van der Waals surface area contributed by atoms with Gasteiger partial charge in [0.05, 0.1) is 50.6 Å². The first-order chi connectivity index (χ1) is 42.4. The van der Waals surface area contributed by atoms with Gasteiger partial charge in [-0.05, 0) is 153 Å². The molecule has 18 heteroatoms. The molecule has 0 bridgehead atoms. The maximum absolute atomic E-state index is 13.2. The number of esters is 1. The number of thiophene rings is 3. The maximum Gasteiger partial charge on any atom is 0.350 e. The molecule has 3 saturated heterocycles. The number of amides is 2. The van der Waals surface area contributed by atoms with Crippen LogP contribution in [0.3, 0.4) is 0 Å². The van der Waals surface area contributed by atoms with Crippen LogP contribution < -0.4 is 15.1 Å². The van der Waals surface area contributed by atoms with Gasteiger partial charge in [0.1, 0.15) is 17.1 Å². The summed E-state index contributed by atoms with van der Waals surface area (Å²) < 4.78 is 26.6. The van der Waals surface area contributed by atoms with Gasteiger partial charge in [0, 0.05) is 48.9 Å². The van der Waals surface area contributed by atoms with Crippen LogP contribution in [0.1, 0.15) is 134 Å². The topological polar surface area (TPSA) is 190 Å². The van der Waals surface area contributed by atoms with Crippen molar-refractivity contribution < 1.29 is 57.9 Å². The molecule has 3 aromatic carbocycles. The standard InChI is InChI=1S/2C21H27NO2S.C15H17NO2S.C7H12O3.C7H10O3/c2*1-14(2)22(21(23)19-11-10-15(3)13-24-19)18-12-20(25-16(18)4)17-8-6-5-7-9-17;1-10(2)16-12-9-13(11-7-5-4-6-8-11)19-14(12)15(17)18-3;2*1-5-2-3-6(7(8)9)10-4-5/h2*5-9,12,14-15,19H,10-11,13H2,1-4H3;4-10,16H,1-3H3;5-6H,2-4H2,1H3,(H,8,9);2,6H,3-4H2,1H3,(H,8,9)/t15-,19+;15-,19-;;;/m01.../s1. The van der Waals surface area contributed by atoms with Gasteiger partial charge in [0.2, 0.25) is 0 Å². The number of carbonyl (C=O) groups excluding carboxylic acids is 3. The van der Waals surface area contributed by atoms with Crippen LogP contribution in [-0.2, 0) is 42.9 Å². The first-order valence-corrected chi connectivity index (χ1v) is 33.5. The lowest BCUT2D eigenvalue weighted by molar-refractivity contribution is -0.154. The van der Waals surface area contributed by atoms with Crippen LogP contribution in [0.5, 0.6) is 0 Å². The van der Waals surface area contributed by atoms with E-state index in [0.29, 0.717) is 61.9 Å². The van der Waals surface area contributed by atoms with Gasteiger partial charge in [-0.25, -0.2) is 14.4 Å². The summed E-state index contributed by atoms with van der Waals surface area (Å²) in [6.45, 7) is 27.3. The molecule has 3 N–H and O–H groups in total. The van der Waals surface area contributed by atoms with Gasteiger partial charge in [0.25, 0.3) is 11.8 Å². The third-order valence-corrected chi connectivity index (χ3v) is 18.7. The Balaban J connectivity index is 0.000000186. The molecule has 0 aliphatic carbocycles. The summed E-state index contributed by atoms with van der Waals surface area (Å²) in [7, 11) is 1.41. The van der Waals surface area contributed by atoms with E-state index in [2.05, 4.69) is 104 Å². The lowest BCUT2D eigenvalue weighted by Crippen LogP contribution is -2.46. The smallest absolute Gasteiger partial charge is 0.350 e. The SMILES string of the molecule is CC1=CCC(C(=O)O)OC1.CC1CCC(C(=O)O)OC1.COC(=O)c1sc(-c2ccccc2)cc1NC(C)C.Cc1sc(-c2ccccc2)cc1N(C(=O)[C@H]1CC[C@@H](C)CO1)C(C)C.Cc1sc(-c2ccccc2)cc1N(C(=O)[C@H]1CC[C@H](C)CO1)C(C)C. The van der Waals surface area contributed by atoms with Crippen molar-refractivity contribution in [2.45, 2.75) is 171 Å². The van der Waals surface area contributed by atoms with E-state index >= 15 is 0 Å². The number of anilines is 3. The van der Waals surface area contributed by atoms with Crippen LogP contribution in [-0.4, -0.2) is 116 Å². The molecule has 3 aromatic heterocycles. The number of aryl methyl sites for hydroxylation is 2. The predicted molar refractivity (Wildman–Crippen MR) is 362 cm³/mol. The number of carboxylic acids is 2. The molecule has 0 saturated carbocycles. The molecule has 482 valence electrons. The zero-order chi connectivity index (χ0) is 64.9. The number of ether oxygens (including phenoxy) is 5. The highest BCUT2D eigenvalue weighted by Gasteiger charge is 2.35. The molecule has 4 aliphatic rings. The quantitative estimate of drug-likeness (QED) is 0.0690. The lowest BCUT2D eigenvalue weighted by atomic mass is 9.99. The average Bonchev–Trinajstić information content (AvgIpc) is 2.21. The highest BCUT2D eigenvalue weighted by molar-refractivity contribution is 7.18. The number of hydrogen-bond acceptors (Lipinski definition) is 14. The van der Waals surface area contributed by atoms with E-state index in [0.717, 1.165) is 65.2 Å². The number of aliphatic carboxylic acids is 2. The summed E-state index contributed by atoms with van der Waals surface area (Å²) in [5, 5.41) is 20.3. The number of benzene rings is 3. The van der Waals surface area contributed by atoms with Crippen LogP contribution in [0.4, 0.5) is 17.1 Å². The molecule has 3 unspecified atom stereocenters. The Morgan fingerprint density at radius 2 is 0.910 bits per heavy atom. The summed E-state index contributed by atoms with van der Waals surface area (Å²) in [4.78, 5) is 69.0. The summed E-state index contributed by atoms with van der Waals surface area (Å²) >= 11 is 4.94. The van der Waals surface area contributed by atoms with Crippen LogP contribution in [0.2, 0.25) is 0 Å². The van der Waals surface area contributed by atoms with Crippen molar-refractivity contribution in [1.82, 2.24) is 0 Å². The number of carboxylic acid groups (broad SMARTS) is 2. The third-order valence-electron chi connectivity index (χ3n) is 15.3. The molecular formula is C71H93N3O12S3. The van der Waals surface area contributed by atoms with Crippen LogP contribution in [0, 0.1) is 31.6 Å². The summed E-state index contributed by atoms with van der Waals surface area (Å²) in [6, 6.07) is 37.5. The first kappa shape index (κ1) is 71.6. The number of hydrogen-bond donors (Lipinski definition) is 3. The minimum Gasteiger partial charge on any atom is -0.479 e. The molecule has 2 amide bonds. The fraction of sp³-hybridized carbons (Fsp3) is 0.479. The second-order valence-electron chi connectivity index (χ2n) is 24.2. The summed E-state index contributed by atoms with van der Waals surface area (Å²) in [6.07, 6.45) is 6.00. The Hall–Kier alpha value is -6.51. The van der Waals surface area contributed by atoms with E-state index in [9.17, 15) is 24.0 Å². The monoisotopic (exact) mass is 1280 g/mol. The molecule has 7 heterocycles. The number of methoxy groups -OCH3 is 1. The second-order valence-corrected chi connectivity index (χ2v) is 27.8. The van der Waals surface area contributed by atoms with Crippen molar-refractivity contribution in [2.24, 2.45) is 17.8 Å². The molecule has 0 spiro atoms. The van der Waals surface area contributed by atoms with Crippen molar-refractivity contribution in [1.29, 1.82) is 0 Å². The van der Waals surface area contributed by atoms with Crippen molar-refractivity contribution >= 4 is 80.8 Å². The second kappa shape index (κ2) is 35.2. The lowest BCUT2D eigenvalue weighted by Gasteiger charge is -2.33. The highest BCUT2D eigenvalue weighted by Crippen LogP contribution is 2.40. The van der Waals surface area contributed by atoms with E-state index < -0.39 is 24.1 Å². The number of carbonyl (C=O) groups is 5. The molecule has 0 radical (unpaired) electrons. The minimum absolute atomic E-state index is 0.0995. The normalized spacial score (nSPS) is 20.5. The van der Waals surface area contributed by atoms with Crippen molar-refractivity contribution in [3.63, 3.8) is 0 Å². The Morgan fingerprint density at radius 3 is 1.22 bits per heavy atom. The van der Waals surface area contributed by atoms with Crippen LogP contribution in [0.15, 0.2) is 121 Å². The van der Waals surface area contributed by atoms with Gasteiger partial charge < -0.3 is 49.0 Å². The van der Waals surface area contributed by atoms with Gasteiger partial charge in [0.15, 0.2) is 12.2 Å². The van der Waals surface area contributed by atoms with Gasteiger partial charge >= 0.3 is 17.9 Å². The van der Waals surface area contributed by atoms with Crippen LogP contribution >= 0.6 is 34.0 Å². The molecule has 10 rings (SSSR count). The predicted octanol–water partition coefficient (Wildman–Crippen LogP) is 16.3. The zero-order valence-corrected chi connectivity index (χ0v) is 56.6. The fourth-order valence-electron chi connectivity index (χ4n) is 10.4. The zero-order valence-electron chi connectivity index (χ0n) is 54.1. The largest absolute Gasteiger partial charge is 0.479 e. The molecule has 6 aromatic rings. The van der Waals surface area contributed by atoms with Crippen molar-refractivity contribution in [3.05, 3.63) is 135 Å². The van der Waals surface area contributed by atoms with E-state index in [1.807, 2.05) is 109 Å². The Kier molecular flexibility index (Phi) is 28.3. The molecule has 15 nitrogen and oxygen atoms in total. The Morgan fingerprint density at radius 1 is 0.528 bits per heavy atom. The summed E-state index contributed by atoms with van der Waals surface area (Å²) in [5.74, 6) is -0.181. The van der Waals surface area contributed by atoms with E-state index in [1.54, 1.807) is 22.7 Å². The van der Waals surface area contributed by atoms with E-state index in [-0.39, 0.29) is 48.1 Å². The van der Waals surface area contributed by atoms with E-state index in [4.69, 9.17) is 33.9 Å². The first-order valence-electron chi connectivity index (χ1n) is 31.0. The maximum atomic E-state index is 13.2. The van der Waals surface area contributed by atoms with Gasteiger partial charge in [-0.15, -0.1) is 34.0 Å². The van der Waals surface area contributed by atoms with Crippen molar-refractivity contribution in [3.8, 4) is 31.3 Å². The molecule has 3 fully saturated rings. The van der Waals surface area contributed by atoms with Crippen LogP contribution in [0.25, 0.3) is 31.3 Å². The number of rotatable bonds is 14. The average molecular weight is 1280 g/mol. The van der Waals surface area contributed by atoms with Gasteiger partial charge in [-0.3, -0.25) is 9.59 Å².